The first kappa shape index (κ1) is 25.3. The lowest BCUT2D eigenvalue weighted by molar-refractivity contribution is 0.102. The van der Waals surface area contributed by atoms with Gasteiger partial charge in [0, 0.05) is 22.0 Å². The van der Waals surface area contributed by atoms with Gasteiger partial charge in [0.05, 0.1) is 16.4 Å². The minimum absolute atomic E-state index is 0.0723. The molecule has 7 nitrogen and oxygen atoms in total. The Labute approximate surface area is 217 Å². The molecular formula is C26H23ClFN5O2S. The van der Waals surface area contributed by atoms with E-state index in [1.54, 1.807) is 23.9 Å². The maximum absolute atomic E-state index is 14.3. The van der Waals surface area contributed by atoms with Crippen molar-refractivity contribution in [1.82, 2.24) is 9.97 Å². The number of carbonyl (C=O) groups is 1. The monoisotopic (exact) mass is 523 g/mol. The molecule has 4 N–H and O–H groups in total. The molecule has 1 aromatic heterocycles. The second kappa shape index (κ2) is 11.3. The fourth-order valence-electron chi connectivity index (χ4n) is 3.23. The van der Waals surface area contributed by atoms with Crippen LogP contribution in [-0.2, 0) is 0 Å². The van der Waals surface area contributed by atoms with Gasteiger partial charge in [0.2, 0.25) is 5.95 Å². The molecule has 10 heteroatoms. The third-order valence-corrected chi connectivity index (χ3v) is 6.26. The summed E-state index contributed by atoms with van der Waals surface area (Å²) in [5, 5.41) is 18.7. The number of thioether (sulfide) groups is 1. The average Bonchev–Trinajstić information content (AvgIpc) is 2.84. The smallest absolute Gasteiger partial charge is 0.261 e. The maximum atomic E-state index is 14.3. The number of carbonyl (C=O) groups excluding carboxylic acids is 1. The zero-order chi connectivity index (χ0) is 25.7. The molecule has 0 aliphatic rings. The molecule has 36 heavy (non-hydrogen) atoms. The van der Waals surface area contributed by atoms with Crippen LogP contribution in [0.2, 0.25) is 5.02 Å². The number of para-hydroxylation sites is 2. The number of nitrogens with one attached hydrogen (secondary N) is 3. The van der Waals surface area contributed by atoms with Crippen molar-refractivity contribution in [3.63, 3.8) is 0 Å². The second-order valence-corrected chi connectivity index (χ2v) is 9.99. The number of hydrogen-bond donors (Lipinski definition) is 4. The molecular weight excluding hydrogens is 501 g/mol. The van der Waals surface area contributed by atoms with E-state index >= 15 is 0 Å². The standard InChI is InChI=1S/C26H23ClFN5O2S/c1-15(2)36-22-9-4-3-8-21(22)31-24-18(25(35)32-23-19(27)6-5-7-20(23)28)14-29-26(33-24)30-16-10-12-17(34)13-11-16/h3-15,34H,1-2H3,(H,32,35)(H2,29,30,31,33). The number of amides is 1. The number of hydrogen-bond acceptors (Lipinski definition) is 7. The van der Waals surface area contributed by atoms with Crippen LogP contribution in [0, 0.1) is 5.82 Å². The van der Waals surface area contributed by atoms with E-state index in [0.717, 1.165) is 10.6 Å². The highest BCUT2D eigenvalue weighted by atomic mass is 35.5. The summed E-state index contributed by atoms with van der Waals surface area (Å²) in [5.41, 5.74) is 1.36. The number of nitrogens with zero attached hydrogens (tertiary/aromatic N) is 2. The third-order valence-electron chi connectivity index (χ3n) is 4.86. The van der Waals surface area contributed by atoms with Crippen LogP contribution in [0.5, 0.6) is 5.75 Å². The average molecular weight is 524 g/mol. The van der Waals surface area contributed by atoms with Gasteiger partial charge in [0.25, 0.3) is 5.91 Å². The van der Waals surface area contributed by atoms with Crippen LogP contribution in [0.15, 0.2) is 77.8 Å². The molecule has 0 aliphatic carbocycles. The Hall–Kier alpha value is -3.82. The summed E-state index contributed by atoms with van der Waals surface area (Å²) in [7, 11) is 0. The molecule has 1 heterocycles. The number of benzene rings is 3. The summed E-state index contributed by atoms with van der Waals surface area (Å²) >= 11 is 7.75. The van der Waals surface area contributed by atoms with Gasteiger partial charge in [0.15, 0.2) is 0 Å². The summed E-state index contributed by atoms with van der Waals surface area (Å²) in [6, 6.07) is 18.2. The van der Waals surface area contributed by atoms with Crippen molar-refractivity contribution in [2.75, 3.05) is 16.0 Å². The van der Waals surface area contributed by atoms with Crippen LogP contribution in [-0.4, -0.2) is 26.2 Å². The van der Waals surface area contributed by atoms with Gasteiger partial charge in [-0.1, -0.05) is 43.6 Å². The van der Waals surface area contributed by atoms with Crippen molar-refractivity contribution in [3.05, 3.63) is 89.3 Å². The van der Waals surface area contributed by atoms with Gasteiger partial charge in [0.1, 0.15) is 22.9 Å². The lowest BCUT2D eigenvalue weighted by Crippen LogP contribution is -2.17. The van der Waals surface area contributed by atoms with Crippen molar-refractivity contribution in [2.45, 2.75) is 24.0 Å². The minimum atomic E-state index is -0.657. The Bertz CT molecular complexity index is 1370. The quantitative estimate of drug-likeness (QED) is 0.143. The van der Waals surface area contributed by atoms with Crippen molar-refractivity contribution >= 4 is 58.1 Å². The van der Waals surface area contributed by atoms with E-state index in [2.05, 4.69) is 39.8 Å². The first-order valence-electron chi connectivity index (χ1n) is 11.0. The molecule has 0 fully saturated rings. The van der Waals surface area contributed by atoms with Crippen molar-refractivity contribution in [2.24, 2.45) is 0 Å². The fourth-order valence-corrected chi connectivity index (χ4v) is 4.35. The summed E-state index contributed by atoms with van der Waals surface area (Å²) in [5.74, 6) is -0.724. The summed E-state index contributed by atoms with van der Waals surface area (Å²) in [6.07, 6.45) is 1.35. The Balaban J connectivity index is 1.71. The van der Waals surface area contributed by atoms with Crippen LogP contribution >= 0.6 is 23.4 Å². The van der Waals surface area contributed by atoms with Gasteiger partial charge in [-0.05, 0) is 48.5 Å². The van der Waals surface area contributed by atoms with E-state index in [-0.39, 0.29) is 33.8 Å². The maximum Gasteiger partial charge on any atom is 0.261 e. The first-order valence-corrected chi connectivity index (χ1v) is 12.3. The van der Waals surface area contributed by atoms with E-state index in [9.17, 15) is 14.3 Å². The molecule has 0 saturated carbocycles. The number of rotatable bonds is 8. The summed E-state index contributed by atoms with van der Waals surface area (Å²) < 4.78 is 14.3. The summed E-state index contributed by atoms with van der Waals surface area (Å²) in [6.45, 7) is 4.17. The number of phenols is 1. The van der Waals surface area contributed by atoms with Crippen LogP contribution in [0.3, 0.4) is 0 Å². The van der Waals surface area contributed by atoms with Crippen molar-refractivity contribution in [1.29, 1.82) is 0 Å². The third kappa shape index (κ3) is 6.24. The normalized spacial score (nSPS) is 10.8. The lowest BCUT2D eigenvalue weighted by Gasteiger charge is -2.16. The molecule has 0 aliphatic heterocycles. The van der Waals surface area contributed by atoms with Gasteiger partial charge in [-0.2, -0.15) is 4.98 Å². The van der Waals surface area contributed by atoms with Gasteiger partial charge in [-0.3, -0.25) is 4.79 Å². The van der Waals surface area contributed by atoms with Gasteiger partial charge < -0.3 is 21.1 Å². The number of aromatic nitrogens is 2. The SMILES string of the molecule is CC(C)Sc1ccccc1Nc1nc(Nc2ccc(O)cc2)ncc1C(=O)Nc1c(F)cccc1Cl. The molecule has 0 unspecified atom stereocenters. The summed E-state index contributed by atoms with van der Waals surface area (Å²) in [4.78, 5) is 22.9. The minimum Gasteiger partial charge on any atom is -0.508 e. The highest BCUT2D eigenvalue weighted by molar-refractivity contribution is 8.00. The van der Waals surface area contributed by atoms with Gasteiger partial charge >= 0.3 is 0 Å². The number of phenolic OH excluding ortho intramolecular Hbond substituents is 1. The molecule has 1 amide bonds. The molecule has 0 saturated heterocycles. The van der Waals surface area contributed by atoms with Crippen molar-refractivity contribution < 1.29 is 14.3 Å². The molecule has 0 spiro atoms. The fraction of sp³-hybridized carbons (Fsp3) is 0.115. The van der Waals surface area contributed by atoms with Crippen molar-refractivity contribution in [3.8, 4) is 5.75 Å². The molecule has 184 valence electrons. The Morgan fingerprint density at radius 1 is 1.03 bits per heavy atom. The van der Waals surface area contributed by atoms with Crippen LogP contribution in [0.4, 0.5) is 33.2 Å². The van der Waals surface area contributed by atoms with E-state index in [1.165, 1.54) is 36.5 Å². The second-order valence-electron chi connectivity index (χ2n) is 7.97. The number of aromatic hydroxyl groups is 1. The predicted molar refractivity (Wildman–Crippen MR) is 144 cm³/mol. The highest BCUT2D eigenvalue weighted by Gasteiger charge is 2.19. The Morgan fingerprint density at radius 3 is 2.50 bits per heavy atom. The molecule has 0 bridgehead atoms. The molecule has 4 aromatic rings. The Morgan fingerprint density at radius 2 is 1.78 bits per heavy atom. The van der Waals surface area contributed by atoms with E-state index < -0.39 is 11.7 Å². The molecule has 0 atom stereocenters. The van der Waals surface area contributed by atoms with Crippen LogP contribution in [0.25, 0.3) is 0 Å². The van der Waals surface area contributed by atoms with E-state index in [1.807, 2.05) is 24.3 Å². The molecule has 0 radical (unpaired) electrons. The zero-order valence-corrected chi connectivity index (χ0v) is 21.0. The Kier molecular flexibility index (Phi) is 7.92. The predicted octanol–water partition coefficient (Wildman–Crippen LogP) is 7.21. The number of anilines is 5. The first-order chi connectivity index (χ1) is 17.3. The van der Waals surface area contributed by atoms with Gasteiger partial charge in [-0.15, -0.1) is 11.8 Å². The number of halogens is 2. The van der Waals surface area contributed by atoms with Crippen LogP contribution < -0.4 is 16.0 Å². The van der Waals surface area contributed by atoms with Crippen LogP contribution in [0.1, 0.15) is 24.2 Å². The zero-order valence-electron chi connectivity index (χ0n) is 19.4. The van der Waals surface area contributed by atoms with E-state index in [4.69, 9.17) is 11.6 Å². The van der Waals surface area contributed by atoms with Gasteiger partial charge in [-0.25, -0.2) is 9.37 Å². The van der Waals surface area contributed by atoms with E-state index in [0.29, 0.717) is 10.9 Å². The lowest BCUT2D eigenvalue weighted by atomic mass is 10.2. The molecule has 3 aromatic carbocycles. The largest absolute Gasteiger partial charge is 0.508 e. The topological polar surface area (TPSA) is 99.2 Å². The molecule has 4 rings (SSSR count). The highest BCUT2D eigenvalue weighted by Crippen LogP contribution is 2.33.